The molecule has 3 aromatic rings. The molecule has 2 fully saturated rings. The molecule has 1 saturated heterocycles. The molecule has 3 atom stereocenters. The summed E-state index contributed by atoms with van der Waals surface area (Å²) in [5, 5.41) is 7.50. The highest BCUT2D eigenvalue weighted by Gasteiger charge is 2.40. The van der Waals surface area contributed by atoms with Gasteiger partial charge in [0.25, 0.3) is 5.91 Å². The van der Waals surface area contributed by atoms with Gasteiger partial charge < -0.3 is 14.8 Å². The van der Waals surface area contributed by atoms with Crippen LogP contribution in [0.2, 0.25) is 0 Å². The number of aromatic nitrogens is 6. The van der Waals surface area contributed by atoms with Gasteiger partial charge in [-0.15, -0.1) is 0 Å². The largest absolute Gasteiger partial charge is 0.343 e. The Bertz CT molecular complexity index is 1170. The number of imidazole rings is 1. The van der Waals surface area contributed by atoms with Crippen molar-refractivity contribution < 1.29 is 4.79 Å². The van der Waals surface area contributed by atoms with Gasteiger partial charge in [-0.25, -0.2) is 15.0 Å². The fourth-order valence-electron chi connectivity index (χ4n) is 5.32. The third kappa shape index (κ3) is 3.27. The van der Waals surface area contributed by atoms with E-state index in [0.29, 0.717) is 12.1 Å². The van der Waals surface area contributed by atoms with Crippen molar-refractivity contribution in [2.75, 3.05) is 18.0 Å². The number of aryl methyl sites for hydroxylation is 2. The number of nitrogens with one attached hydrogen (secondary N) is 1. The molecule has 0 aromatic carbocycles. The molecular formula is C23H28N8O. The van der Waals surface area contributed by atoms with Crippen molar-refractivity contribution in [1.29, 1.82) is 0 Å². The summed E-state index contributed by atoms with van der Waals surface area (Å²) in [6, 6.07) is -0.0361. The Morgan fingerprint density at radius 2 is 1.97 bits per heavy atom. The van der Waals surface area contributed by atoms with Crippen LogP contribution in [0.25, 0.3) is 0 Å². The Morgan fingerprint density at radius 3 is 2.72 bits per heavy atom. The molecular weight excluding hydrogens is 404 g/mol. The van der Waals surface area contributed by atoms with Crippen LogP contribution in [0.4, 0.5) is 5.95 Å². The van der Waals surface area contributed by atoms with Crippen LogP contribution >= 0.6 is 0 Å². The fraction of sp³-hybridized carbons (Fsp3) is 0.522. The molecule has 0 spiro atoms. The molecule has 3 aliphatic rings. The summed E-state index contributed by atoms with van der Waals surface area (Å²) >= 11 is 0. The summed E-state index contributed by atoms with van der Waals surface area (Å²) in [6.07, 6.45) is 11.6. The minimum atomic E-state index is -0.119. The second kappa shape index (κ2) is 7.43. The van der Waals surface area contributed by atoms with Gasteiger partial charge in [0.2, 0.25) is 5.95 Å². The van der Waals surface area contributed by atoms with E-state index in [9.17, 15) is 4.79 Å². The van der Waals surface area contributed by atoms with Gasteiger partial charge in [0.15, 0.2) is 0 Å². The zero-order valence-corrected chi connectivity index (χ0v) is 18.5. The highest BCUT2D eigenvalue weighted by atomic mass is 16.1. The van der Waals surface area contributed by atoms with Gasteiger partial charge >= 0.3 is 0 Å². The van der Waals surface area contributed by atoms with Crippen LogP contribution in [0, 0.1) is 18.8 Å². The molecule has 166 valence electrons. The number of hydrogen-bond donors (Lipinski definition) is 1. The van der Waals surface area contributed by atoms with E-state index in [0.717, 1.165) is 60.7 Å². The number of hydrogen-bond acceptors (Lipinski definition) is 6. The molecule has 1 N–H and O–H groups in total. The molecule has 9 nitrogen and oxygen atoms in total. The second-order valence-corrected chi connectivity index (χ2v) is 9.46. The Hall–Kier alpha value is -3.23. The van der Waals surface area contributed by atoms with E-state index in [1.54, 1.807) is 17.1 Å². The minimum absolute atomic E-state index is 0.0361. The van der Waals surface area contributed by atoms with Gasteiger partial charge in [-0.05, 0) is 44.4 Å². The Kier molecular flexibility index (Phi) is 4.51. The molecule has 9 heteroatoms. The highest BCUT2D eigenvalue weighted by Crippen LogP contribution is 2.41. The lowest BCUT2D eigenvalue weighted by atomic mass is 9.77. The first-order valence-electron chi connectivity index (χ1n) is 11.5. The smallest absolute Gasteiger partial charge is 0.255 e. The maximum Gasteiger partial charge on any atom is 0.255 e. The zero-order chi connectivity index (χ0) is 21.8. The van der Waals surface area contributed by atoms with Gasteiger partial charge in [-0.3, -0.25) is 9.48 Å². The molecule has 2 unspecified atom stereocenters. The highest BCUT2D eigenvalue weighted by molar-refractivity contribution is 5.94. The fourth-order valence-corrected chi connectivity index (χ4v) is 5.32. The molecule has 4 heterocycles. The summed E-state index contributed by atoms with van der Waals surface area (Å²) in [7, 11) is 1.99. The minimum Gasteiger partial charge on any atom is -0.343 e. The summed E-state index contributed by atoms with van der Waals surface area (Å²) in [5.41, 5.74) is 4.71. The predicted octanol–water partition coefficient (Wildman–Crippen LogP) is 2.03. The van der Waals surface area contributed by atoms with Crippen LogP contribution in [-0.2, 0) is 20.0 Å². The van der Waals surface area contributed by atoms with Crippen LogP contribution in [0.15, 0.2) is 24.9 Å². The Balaban J connectivity index is 1.11. The lowest BCUT2D eigenvalue weighted by Crippen LogP contribution is -2.27. The molecule has 0 radical (unpaired) electrons. The van der Waals surface area contributed by atoms with Gasteiger partial charge in [0.1, 0.15) is 0 Å². The maximum atomic E-state index is 12.8. The van der Waals surface area contributed by atoms with Crippen molar-refractivity contribution >= 4 is 11.9 Å². The zero-order valence-electron chi connectivity index (χ0n) is 18.5. The van der Waals surface area contributed by atoms with E-state index in [-0.39, 0.29) is 11.9 Å². The van der Waals surface area contributed by atoms with Crippen LogP contribution in [0.3, 0.4) is 0 Å². The van der Waals surface area contributed by atoms with Crippen molar-refractivity contribution in [3.63, 3.8) is 0 Å². The number of carbonyl (C=O) groups excluding carboxylic acids is 1. The summed E-state index contributed by atoms with van der Waals surface area (Å²) in [5.74, 6) is 2.39. The number of nitrogens with zero attached hydrogens (tertiary/aromatic N) is 7. The van der Waals surface area contributed by atoms with Crippen LogP contribution < -0.4 is 10.2 Å². The van der Waals surface area contributed by atoms with Crippen molar-refractivity contribution in [2.24, 2.45) is 18.9 Å². The lowest BCUT2D eigenvalue weighted by Gasteiger charge is -2.27. The standard InChI is InChI=1S/C23H28N8O/c1-14-17(7-24-23(27-14)30-9-15-3-4-16(15)10-30)11-31-12-18(8-26-31)22(32)28-19-5-6-20-21(19)25-13-29(20)2/h7-8,12-13,15-16,19H,3-6,9-11H2,1-2H3,(H,28,32)/t15?,16?,19-/m1/s1. The summed E-state index contributed by atoms with van der Waals surface area (Å²) in [4.78, 5) is 28.9. The Morgan fingerprint density at radius 1 is 1.16 bits per heavy atom. The third-order valence-corrected chi connectivity index (χ3v) is 7.46. The van der Waals surface area contributed by atoms with E-state index < -0.39 is 0 Å². The second-order valence-electron chi connectivity index (χ2n) is 9.46. The van der Waals surface area contributed by atoms with Gasteiger partial charge in [0.05, 0.1) is 36.4 Å². The Labute approximate surface area is 186 Å². The average molecular weight is 433 g/mol. The van der Waals surface area contributed by atoms with E-state index in [4.69, 9.17) is 4.98 Å². The molecule has 0 bridgehead atoms. The van der Waals surface area contributed by atoms with Gasteiger partial charge in [0, 0.05) is 49.5 Å². The first-order valence-corrected chi connectivity index (χ1v) is 11.5. The third-order valence-electron chi connectivity index (χ3n) is 7.46. The number of rotatable bonds is 5. The molecule has 1 saturated carbocycles. The van der Waals surface area contributed by atoms with Crippen molar-refractivity contribution in [2.45, 2.75) is 45.2 Å². The van der Waals surface area contributed by atoms with E-state index >= 15 is 0 Å². The van der Waals surface area contributed by atoms with Crippen LogP contribution in [-0.4, -0.2) is 48.3 Å². The number of amides is 1. The number of anilines is 1. The molecule has 1 amide bonds. The number of fused-ring (bicyclic) bond motifs is 2. The maximum absolute atomic E-state index is 12.8. The first-order chi connectivity index (χ1) is 15.5. The summed E-state index contributed by atoms with van der Waals surface area (Å²) in [6.45, 7) is 4.73. The topological polar surface area (TPSA) is 93.8 Å². The normalized spacial score (nSPS) is 23.7. The van der Waals surface area contributed by atoms with E-state index in [1.165, 1.54) is 18.5 Å². The van der Waals surface area contributed by atoms with Crippen molar-refractivity contribution in [3.05, 3.63) is 53.1 Å². The SMILES string of the molecule is Cc1nc(N2CC3CCC3C2)ncc1Cn1cc(C(=O)N[C@@H]2CCc3c2ncn3C)cn1. The van der Waals surface area contributed by atoms with Gasteiger partial charge in [-0.2, -0.15) is 5.10 Å². The molecule has 6 rings (SSSR count). The molecule has 2 aliphatic carbocycles. The lowest BCUT2D eigenvalue weighted by molar-refractivity contribution is 0.0936. The van der Waals surface area contributed by atoms with Crippen LogP contribution in [0.5, 0.6) is 0 Å². The average Bonchev–Trinajstić information content (AvgIpc) is 3.52. The first kappa shape index (κ1) is 19.5. The quantitative estimate of drug-likeness (QED) is 0.663. The summed E-state index contributed by atoms with van der Waals surface area (Å²) < 4.78 is 3.81. The monoisotopic (exact) mass is 432 g/mol. The van der Waals surface area contributed by atoms with Crippen molar-refractivity contribution in [1.82, 2.24) is 34.6 Å². The molecule has 3 aromatic heterocycles. The number of carbonyl (C=O) groups is 1. The molecule has 1 aliphatic heterocycles. The van der Waals surface area contributed by atoms with E-state index in [1.807, 2.05) is 31.1 Å². The van der Waals surface area contributed by atoms with E-state index in [2.05, 4.69) is 25.3 Å². The predicted molar refractivity (Wildman–Crippen MR) is 118 cm³/mol. The molecule has 32 heavy (non-hydrogen) atoms. The van der Waals surface area contributed by atoms with Gasteiger partial charge in [-0.1, -0.05) is 0 Å². The van der Waals surface area contributed by atoms with Crippen LogP contribution in [0.1, 0.15) is 58.3 Å². The van der Waals surface area contributed by atoms with Crippen molar-refractivity contribution in [3.8, 4) is 0 Å².